The van der Waals surface area contributed by atoms with Crippen molar-refractivity contribution in [2.75, 3.05) is 14.1 Å². The van der Waals surface area contributed by atoms with Crippen molar-refractivity contribution >= 4 is 44.1 Å². The van der Waals surface area contributed by atoms with E-state index >= 15 is 0 Å². The minimum absolute atomic E-state index is 0.290. The lowest BCUT2D eigenvalue weighted by Gasteiger charge is -2.12. The van der Waals surface area contributed by atoms with E-state index in [1.807, 2.05) is 60.7 Å². The van der Waals surface area contributed by atoms with Crippen LogP contribution in [0.25, 0.3) is 32.6 Å². The molecule has 7 heteroatoms. The summed E-state index contributed by atoms with van der Waals surface area (Å²) in [4.78, 5) is 7.37. The number of benzene rings is 2. The third-order valence-electron chi connectivity index (χ3n) is 4.38. The maximum atomic E-state index is 9.71. The van der Waals surface area contributed by atoms with Crippen LogP contribution in [0.5, 0.6) is 0 Å². The molecule has 142 valence electrons. The van der Waals surface area contributed by atoms with Crippen molar-refractivity contribution in [3.63, 3.8) is 0 Å². The molecule has 5 nitrogen and oxygen atoms in total. The predicted molar refractivity (Wildman–Crippen MR) is 120 cm³/mol. The second-order valence-electron chi connectivity index (χ2n) is 6.50. The van der Waals surface area contributed by atoms with Crippen LogP contribution in [0, 0.1) is 11.3 Å². The fraction of sp³-hybridized carbons (Fsp3) is 0.0909. The molecule has 0 fully saturated rings. The summed E-state index contributed by atoms with van der Waals surface area (Å²) in [6, 6.07) is 22.1. The quantitative estimate of drug-likeness (QED) is 0.244. The summed E-state index contributed by atoms with van der Waals surface area (Å²) in [6.45, 7) is 0. The van der Waals surface area contributed by atoms with Crippen LogP contribution in [-0.2, 0) is 0 Å². The van der Waals surface area contributed by atoms with Gasteiger partial charge >= 0.3 is 0 Å². The Morgan fingerprint density at radius 3 is 2.21 bits per heavy atom. The Labute approximate surface area is 177 Å². The van der Waals surface area contributed by atoms with E-state index in [1.54, 1.807) is 19.0 Å². The molecule has 2 aromatic carbocycles. The molecule has 0 bridgehead atoms. The van der Waals surface area contributed by atoms with Gasteiger partial charge in [0, 0.05) is 25.2 Å². The first kappa shape index (κ1) is 19.1. The van der Waals surface area contributed by atoms with Crippen molar-refractivity contribution in [3.8, 4) is 28.5 Å². The fourth-order valence-corrected chi connectivity index (χ4v) is 3.98. The number of aliphatic imine (C=N–C) groups is 1. The zero-order valence-electron chi connectivity index (χ0n) is 15.8. The van der Waals surface area contributed by atoms with Gasteiger partial charge in [-0.25, -0.2) is 4.99 Å². The summed E-state index contributed by atoms with van der Waals surface area (Å²) in [7, 11) is 3.61. The standard InChI is InChI=1S/C22H16ClN5S/c1-28(2)22(23)25-20-16(13-24)29-21-18(20)17(14-9-5-3-6-10-14)19(26-27-21)15-11-7-4-8-12-15/h3-12H,1-2H3. The van der Waals surface area contributed by atoms with Gasteiger partial charge in [0.25, 0.3) is 0 Å². The van der Waals surface area contributed by atoms with Gasteiger partial charge in [-0.2, -0.15) is 5.26 Å². The third kappa shape index (κ3) is 3.58. The van der Waals surface area contributed by atoms with Crippen LogP contribution >= 0.6 is 22.9 Å². The highest BCUT2D eigenvalue weighted by molar-refractivity contribution is 7.20. The Hall–Kier alpha value is -3.27. The Balaban J connectivity index is 2.14. The number of thiophene rings is 1. The minimum Gasteiger partial charge on any atom is -0.353 e. The summed E-state index contributed by atoms with van der Waals surface area (Å²) in [5.74, 6) is 0. The Bertz CT molecular complexity index is 1240. The van der Waals surface area contributed by atoms with Crippen molar-refractivity contribution in [1.82, 2.24) is 15.1 Å². The zero-order chi connectivity index (χ0) is 20.4. The molecule has 2 aromatic heterocycles. The molecule has 0 spiro atoms. The molecular weight excluding hydrogens is 402 g/mol. The topological polar surface area (TPSA) is 65.2 Å². The molecule has 0 unspecified atom stereocenters. The van der Waals surface area contributed by atoms with Gasteiger partial charge in [0.15, 0.2) is 5.29 Å². The third-order valence-corrected chi connectivity index (χ3v) is 5.77. The van der Waals surface area contributed by atoms with Crippen LogP contribution in [0.4, 0.5) is 5.69 Å². The molecule has 0 saturated heterocycles. The van der Waals surface area contributed by atoms with Crippen LogP contribution in [0.15, 0.2) is 65.7 Å². The summed E-state index contributed by atoms with van der Waals surface area (Å²) in [5, 5.41) is 19.7. The number of aromatic nitrogens is 2. The highest BCUT2D eigenvalue weighted by atomic mass is 35.5. The first-order chi connectivity index (χ1) is 14.1. The molecule has 0 aliphatic heterocycles. The maximum absolute atomic E-state index is 9.71. The highest BCUT2D eigenvalue weighted by Gasteiger charge is 2.22. The summed E-state index contributed by atoms with van der Waals surface area (Å²) < 4.78 is 0. The van der Waals surface area contributed by atoms with Crippen LogP contribution in [0.1, 0.15) is 4.88 Å². The van der Waals surface area contributed by atoms with Crippen molar-refractivity contribution < 1.29 is 0 Å². The van der Waals surface area contributed by atoms with Gasteiger partial charge in [0.1, 0.15) is 27.2 Å². The molecule has 0 amide bonds. The van der Waals surface area contributed by atoms with Gasteiger partial charge in [-0.1, -0.05) is 60.7 Å². The number of hydrogen-bond acceptors (Lipinski definition) is 5. The van der Waals surface area contributed by atoms with Crippen LogP contribution in [0.3, 0.4) is 0 Å². The molecule has 0 aliphatic rings. The van der Waals surface area contributed by atoms with Crippen molar-refractivity contribution in [2.45, 2.75) is 0 Å². The van der Waals surface area contributed by atoms with Gasteiger partial charge < -0.3 is 4.90 Å². The van der Waals surface area contributed by atoms with E-state index in [4.69, 9.17) is 11.6 Å². The molecule has 0 saturated carbocycles. The monoisotopic (exact) mass is 417 g/mol. The SMILES string of the molecule is CN(C)C(Cl)=Nc1c(C#N)sc2nnc(-c3ccccc3)c(-c3ccccc3)c12. The van der Waals surface area contributed by atoms with Gasteiger partial charge in [-0.15, -0.1) is 21.5 Å². The lowest BCUT2D eigenvalue weighted by Crippen LogP contribution is -2.15. The Morgan fingerprint density at radius 1 is 1.00 bits per heavy atom. The van der Waals surface area contributed by atoms with E-state index in [-0.39, 0.29) is 0 Å². The second kappa shape index (κ2) is 8.00. The molecule has 0 aliphatic carbocycles. The number of nitriles is 1. The normalized spacial score (nSPS) is 11.4. The zero-order valence-corrected chi connectivity index (χ0v) is 17.4. The largest absolute Gasteiger partial charge is 0.353 e. The molecule has 4 aromatic rings. The summed E-state index contributed by atoms with van der Waals surface area (Å²) >= 11 is 7.60. The second-order valence-corrected chi connectivity index (χ2v) is 7.84. The van der Waals surface area contributed by atoms with E-state index < -0.39 is 0 Å². The van der Waals surface area contributed by atoms with Crippen LogP contribution in [0.2, 0.25) is 0 Å². The Kier molecular flexibility index (Phi) is 5.26. The minimum atomic E-state index is 0.290. The van der Waals surface area contributed by atoms with Gasteiger partial charge in [0.2, 0.25) is 0 Å². The predicted octanol–water partition coefficient (Wildman–Crippen LogP) is 5.68. The first-order valence-corrected chi connectivity index (χ1v) is 10.0. The van der Waals surface area contributed by atoms with E-state index in [1.165, 1.54) is 11.3 Å². The number of fused-ring (bicyclic) bond motifs is 1. The summed E-state index contributed by atoms with van der Waals surface area (Å²) in [6.07, 6.45) is 0. The van der Waals surface area contributed by atoms with Crippen LogP contribution in [-0.4, -0.2) is 34.5 Å². The maximum Gasteiger partial charge on any atom is 0.198 e. The van der Waals surface area contributed by atoms with Crippen LogP contribution < -0.4 is 0 Å². The molecule has 2 heterocycles. The van der Waals surface area contributed by atoms with Gasteiger partial charge in [0.05, 0.1) is 5.39 Å². The molecular formula is C22H16ClN5S. The van der Waals surface area contributed by atoms with Gasteiger partial charge in [-0.05, 0) is 17.2 Å². The number of nitrogens with zero attached hydrogens (tertiary/aromatic N) is 5. The molecule has 29 heavy (non-hydrogen) atoms. The molecule has 0 atom stereocenters. The van der Waals surface area contributed by atoms with Gasteiger partial charge in [-0.3, -0.25) is 0 Å². The molecule has 4 rings (SSSR count). The first-order valence-electron chi connectivity index (χ1n) is 8.85. The average molecular weight is 418 g/mol. The van der Waals surface area contributed by atoms with Crippen molar-refractivity contribution in [3.05, 3.63) is 65.5 Å². The fourth-order valence-electron chi connectivity index (χ4n) is 3.03. The van der Waals surface area contributed by atoms with E-state index in [0.717, 1.165) is 27.8 Å². The van der Waals surface area contributed by atoms with E-state index in [2.05, 4.69) is 21.3 Å². The highest BCUT2D eigenvalue weighted by Crippen LogP contribution is 2.45. The smallest absolute Gasteiger partial charge is 0.198 e. The number of halogens is 1. The lowest BCUT2D eigenvalue weighted by atomic mass is 9.96. The number of rotatable bonds is 3. The number of amidine groups is 1. The Morgan fingerprint density at radius 2 is 1.62 bits per heavy atom. The summed E-state index contributed by atoms with van der Waals surface area (Å²) in [5.41, 5.74) is 4.08. The average Bonchev–Trinajstić information content (AvgIpc) is 3.11. The van der Waals surface area contributed by atoms with Crippen molar-refractivity contribution in [1.29, 1.82) is 5.26 Å². The van der Waals surface area contributed by atoms with Crippen molar-refractivity contribution in [2.24, 2.45) is 4.99 Å². The molecule has 0 radical (unpaired) electrons. The van der Waals surface area contributed by atoms with E-state index in [9.17, 15) is 5.26 Å². The number of hydrogen-bond donors (Lipinski definition) is 0. The lowest BCUT2D eigenvalue weighted by molar-refractivity contribution is 0.635. The van der Waals surface area contributed by atoms with E-state index in [0.29, 0.717) is 20.7 Å². The molecule has 0 N–H and O–H groups in total.